The van der Waals surface area contributed by atoms with E-state index in [0.717, 1.165) is 31.5 Å². The van der Waals surface area contributed by atoms with Crippen LogP contribution < -0.4 is 5.32 Å². The summed E-state index contributed by atoms with van der Waals surface area (Å²) in [5, 5.41) is 3.39. The fourth-order valence-corrected chi connectivity index (χ4v) is 2.49. The number of carbonyl (C=O) groups is 1. The zero-order valence-electron chi connectivity index (χ0n) is 10.5. The molecule has 1 aliphatic carbocycles. The smallest absolute Gasteiger partial charge is 0.239 e. The SMILES string of the molecule is CC(NCC(C)C1CC1)C(=O)N1CCCC1. The Kier molecular flexibility index (Phi) is 3.85. The molecule has 1 amide bonds. The minimum absolute atomic E-state index is 0.000648. The maximum atomic E-state index is 12.0. The van der Waals surface area contributed by atoms with Crippen molar-refractivity contribution in [3.8, 4) is 0 Å². The van der Waals surface area contributed by atoms with E-state index in [9.17, 15) is 4.79 Å². The number of likely N-dealkylation sites (tertiary alicyclic amines) is 1. The van der Waals surface area contributed by atoms with Crippen molar-refractivity contribution in [3.05, 3.63) is 0 Å². The highest BCUT2D eigenvalue weighted by Crippen LogP contribution is 2.36. The van der Waals surface area contributed by atoms with Gasteiger partial charge in [0.15, 0.2) is 0 Å². The van der Waals surface area contributed by atoms with Crippen molar-refractivity contribution >= 4 is 5.91 Å². The van der Waals surface area contributed by atoms with Crippen molar-refractivity contribution in [2.75, 3.05) is 19.6 Å². The van der Waals surface area contributed by atoms with Crippen molar-refractivity contribution in [1.82, 2.24) is 10.2 Å². The normalized spacial score (nSPS) is 24.5. The van der Waals surface area contributed by atoms with Crippen LogP contribution in [0.4, 0.5) is 0 Å². The Bertz CT molecular complexity index is 244. The molecular formula is C13H24N2O. The minimum Gasteiger partial charge on any atom is -0.341 e. The molecule has 1 aliphatic heterocycles. The molecule has 2 atom stereocenters. The highest BCUT2D eigenvalue weighted by molar-refractivity contribution is 5.81. The summed E-state index contributed by atoms with van der Waals surface area (Å²) >= 11 is 0. The largest absolute Gasteiger partial charge is 0.341 e. The maximum absolute atomic E-state index is 12.0. The van der Waals surface area contributed by atoms with Crippen molar-refractivity contribution < 1.29 is 4.79 Å². The van der Waals surface area contributed by atoms with E-state index in [2.05, 4.69) is 12.2 Å². The van der Waals surface area contributed by atoms with Gasteiger partial charge in [0.05, 0.1) is 6.04 Å². The van der Waals surface area contributed by atoms with Gasteiger partial charge in [0, 0.05) is 13.1 Å². The molecule has 1 saturated heterocycles. The molecule has 1 saturated carbocycles. The molecule has 0 spiro atoms. The molecule has 1 N–H and O–H groups in total. The van der Waals surface area contributed by atoms with Gasteiger partial charge in [0.2, 0.25) is 5.91 Å². The second-order valence-corrected chi connectivity index (χ2v) is 5.48. The molecule has 2 unspecified atom stereocenters. The van der Waals surface area contributed by atoms with Crippen LogP contribution in [-0.4, -0.2) is 36.5 Å². The summed E-state index contributed by atoms with van der Waals surface area (Å²) in [5.74, 6) is 1.94. The predicted molar refractivity (Wildman–Crippen MR) is 65.2 cm³/mol. The fraction of sp³-hybridized carbons (Fsp3) is 0.923. The van der Waals surface area contributed by atoms with Crippen molar-refractivity contribution in [2.45, 2.75) is 45.6 Å². The fourth-order valence-electron chi connectivity index (χ4n) is 2.49. The number of carbonyl (C=O) groups excluding carboxylic acids is 1. The third kappa shape index (κ3) is 2.97. The van der Waals surface area contributed by atoms with Gasteiger partial charge >= 0.3 is 0 Å². The first-order chi connectivity index (χ1) is 7.68. The quantitative estimate of drug-likeness (QED) is 0.770. The van der Waals surface area contributed by atoms with Gasteiger partial charge in [-0.15, -0.1) is 0 Å². The predicted octanol–water partition coefficient (Wildman–Crippen LogP) is 1.63. The third-order valence-electron chi connectivity index (χ3n) is 3.96. The average molecular weight is 224 g/mol. The maximum Gasteiger partial charge on any atom is 0.239 e. The second kappa shape index (κ2) is 5.17. The first kappa shape index (κ1) is 11.9. The summed E-state index contributed by atoms with van der Waals surface area (Å²) in [6.07, 6.45) is 5.13. The molecule has 0 radical (unpaired) electrons. The van der Waals surface area contributed by atoms with Gasteiger partial charge in [-0.3, -0.25) is 4.79 Å². The van der Waals surface area contributed by atoms with Crippen LogP contribution in [0.3, 0.4) is 0 Å². The number of nitrogens with one attached hydrogen (secondary N) is 1. The molecule has 3 heteroatoms. The van der Waals surface area contributed by atoms with Crippen LogP contribution in [0.2, 0.25) is 0 Å². The van der Waals surface area contributed by atoms with E-state index in [1.807, 2.05) is 11.8 Å². The Balaban J connectivity index is 1.69. The minimum atomic E-state index is -0.000648. The van der Waals surface area contributed by atoms with Gasteiger partial charge in [0.1, 0.15) is 0 Å². The highest BCUT2D eigenvalue weighted by Gasteiger charge is 2.29. The van der Waals surface area contributed by atoms with Gasteiger partial charge in [0.25, 0.3) is 0 Å². The zero-order valence-corrected chi connectivity index (χ0v) is 10.5. The first-order valence-electron chi connectivity index (χ1n) is 6.70. The Labute approximate surface area is 98.6 Å². The standard InChI is InChI=1S/C13H24N2O/c1-10(12-5-6-12)9-14-11(2)13(16)15-7-3-4-8-15/h10-12,14H,3-9H2,1-2H3. The van der Waals surface area contributed by atoms with E-state index in [0.29, 0.717) is 5.91 Å². The number of hydrogen-bond donors (Lipinski definition) is 1. The summed E-state index contributed by atoms with van der Waals surface area (Å²) in [6.45, 7) is 7.20. The summed E-state index contributed by atoms with van der Waals surface area (Å²) in [6, 6.07) is -0.000648. The van der Waals surface area contributed by atoms with Crippen LogP contribution in [0.15, 0.2) is 0 Å². The molecule has 0 bridgehead atoms. The summed E-state index contributed by atoms with van der Waals surface area (Å²) in [5.41, 5.74) is 0. The van der Waals surface area contributed by atoms with Crippen molar-refractivity contribution in [1.29, 1.82) is 0 Å². The summed E-state index contributed by atoms with van der Waals surface area (Å²) in [4.78, 5) is 14.0. The van der Waals surface area contributed by atoms with E-state index < -0.39 is 0 Å². The first-order valence-corrected chi connectivity index (χ1v) is 6.70. The molecule has 0 aromatic heterocycles. The Hall–Kier alpha value is -0.570. The van der Waals surface area contributed by atoms with Gasteiger partial charge in [-0.2, -0.15) is 0 Å². The lowest BCUT2D eigenvalue weighted by atomic mass is 10.1. The number of rotatable bonds is 5. The topological polar surface area (TPSA) is 32.3 Å². The van der Waals surface area contributed by atoms with E-state index in [1.165, 1.54) is 25.7 Å². The number of amides is 1. The van der Waals surface area contributed by atoms with Crippen LogP contribution >= 0.6 is 0 Å². The van der Waals surface area contributed by atoms with Crippen LogP contribution in [0.25, 0.3) is 0 Å². The Morgan fingerprint density at radius 1 is 1.31 bits per heavy atom. The molecule has 2 aliphatic rings. The van der Waals surface area contributed by atoms with Crippen LogP contribution in [0.5, 0.6) is 0 Å². The lowest BCUT2D eigenvalue weighted by molar-refractivity contribution is -0.132. The van der Waals surface area contributed by atoms with E-state index in [4.69, 9.17) is 0 Å². The third-order valence-corrected chi connectivity index (χ3v) is 3.96. The van der Waals surface area contributed by atoms with Gasteiger partial charge < -0.3 is 10.2 Å². The van der Waals surface area contributed by atoms with Crippen LogP contribution in [0, 0.1) is 11.8 Å². The van der Waals surface area contributed by atoms with Crippen LogP contribution in [0.1, 0.15) is 39.5 Å². The lowest BCUT2D eigenvalue weighted by Gasteiger charge is -2.22. The molecule has 1 heterocycles. The Morgan fingerprint density at radius 3 is 2.50 bits per heavy atom. The van der Waals surface area contributed by atoms with E-state index >= 15 is 0 Å². The highest BCUT2D eigenvalue weighted by atomic mass is 16.2. The Morgan fingerprint density at radius 2 is 1.94 bits per heavy atom. The molecule has 3 nitrogen and oxygen atoms in total. The number of hydrogen-bond acceptors (Lipinski definition) is 2. The van der Waals surface area contributed by atoms with Crippen LogP contribution in [-0.2, 0) is 4.79 Å². The van der Waals surface area contributed by atoms with E-state index in [1.54, 1.807) is 0 Å². The molecular weight excluding hydrogens is 200 g/mol. The monoisotopic (exact) mass is 224 g/mol. The second-order valence-electron chi connectivity index (χ2n) is 5.48. The zero-order chi connectivity index (χ0) is 11.5. The van der Waals surface area contributed by atoms with Crippen molar-refractivity contribution in [2.24, 2.45) is 11.8 Å². The molecule has 0 aromatic carbocycles. The molecule has 2 fully saturated rings. The molecule has 92 valence electrons. The van der Waals surface area contributed by atoms with Gasteiger partial charge in [-0.25, -0.2) is 0 Å². The average Bonchev–Trinajstić information content (AvgIpc) is 3.00. The number of nitrogens with zero attached hydrogens (tertiary/aromatic N) is 1. The molecule has 16 heavy (non-hydrogen) atoms. The summed E-state index contributed by atoms with van der Waals surface area (Å²) in [7, 11) is 0. The molecule has 2 rings (SSSR count). The lowest BCUT2D eigenvalue weighted by Crippen LogP contribution is -2.45. The summed E-state index contributed by atoms with van der Waals surface area (Å²) < 4.78 is 0. The van der Waals surface area contributed by atoms with Crippen molar-refractivity contribution in [3.63, 3.8) is 0 Å². The van der Waals surface area contributed by atoms with E-state index in [-0.39, 0.29) is 6.04 Å². The molecule has 0 aromatic rings. The van der Waals surface area contributed by atoms with Gasteiger partial charge in [-0.1, -0.05) is 6.92 Å². The van der Waals surface area contributed by atoms with Gasteiger partial charge in [-0.05, 0) is 51.0 Å².